The number of amides is 1. The van der Waals surface area contributed by atoms with Crippen LogP contribution in [0.4, 0.5) is 0 Å². The Morgan fingerprint density at radius 1 is 1.09 bits per heavy atom. The Hall–Kier alpha value is -2.47. The Balaban J connectivity index is 2.39. The van der Waals surface area contributed by atoms with E-state index in [9.17, 15) is 14.7 Å². The van der Waals surface area contributed by atoms with E-state index in [2.05, 4.69) is 17.9 Å². The summed E-state index contributed by atoms with van der Waals surface area (Å²) in [6, 6.07) is 12.8. The molecule has 23 heavy (non-hydrogen) atoms. The number of carboxylic acid groups (broad SMARTS) is 1. The molecule has 0 aliphatic heterocycles. The largest absolute Gasteiger partial charge is 0.507 e. The number of thiol groups is 1. The second kappa shape index (κ2) is 7.69. The first-order valence-electron chi connectivity index (χ1n) is 7.06. The highest BCUT2D eigenvalue weighted by Gasteiger charge is 2.23. The number of phenols is 1. The molecule has 2 aromatic rings. The normalized spacial score (nSPS) is 11.7. The predicted octanol–water partition coefficient (Wildman–Crippen LogP) is 2.56. The van der Waals surface area contributed by atoms with Gasteiger partial charge >= 0.3 is 5.97 Å². The molecule has 0 saturated carbocycles. The van der Waals surface area contributed by atoms with Crippen LogP contribution in [0.15, 0.2) is 48.5 Å². The summed E-state index contributed by atoms with van der Waals surface area (Å²) < 4.78 is 0. The lowest BCUT2D eigenvalue weighted by molar-refractivity contribution is -0.139. The van der Waals surface area contributed by atoms with E-state index >= 15 is 0 Å². The van der Waals surface area contributed by atoms with Gasteiger partial charge in [0.25, 0.3) is 5.91 Å². The van der Waals surface area contributed by atoms with Crippen molar-refractivity contribution in [3.8, 4) is 16.9 Å². The lowest BCUT2D eigenvalue weighted by Gasteiger charge is -2.16. The van der Waals surface area contributed by atoms with Crippen LogP contribution in [-0.4, -0.2) is 33.9 Å². The second-order valence-corrected chi connectivity index (χ2v) is 5.39. The molecule has 0 aromatic heterocycles. The quantitative estimate of drug-likeness (QED) is 0.613. The van der Waals surface area contributed by atoms with E-state index < -0.39 is 17.9 Å². The molecule has 5 nitrogen and oxygen atoms in total. The van der Waals surface area contributed by atoms with Gasteiger partial charge in [-0.15, -0.1) is 0 Å². The van der Waals surface area contributed by atoms with Gasteiger partial charge in [-0.25, -0.2) is 4.79 Å². The third-order valence-corrected chi connectivity index (χ3v) is 3.63. The summed E-state index contributed by atoms with van der Waals surface area (Å²) in [6.45, 7) is 0. The maximum absolute atomic E-state index is 12.5. The van der Waals surface area contributed by atoms with Crippen molar-refractivity contribution >= 4 is 24.5 Å². The van der Waals surface area contributed by atoms with Crippen molar-refractivity contribution in [2.75, 3.05) is 5.75 Å². The summed E-state index contributed by atoms with van der Waals surface area (Å²) in [7, 11) is 0. The van der Waals surface area contributed by atoms with Gasteiger partial charge in [0, 0.05) is 0 Å². The Morgan fingerprint density at radius 3 is 2.39 bits per heavy atom. The molecule has 0 heterocycles. The minimum atomic E-state index is -1.14. The molecule has 6 heteroatoms. The summed E-state index contributed by atoms with van der Waals surface area (Å²) in [5.41, 5.74) is 1.36. The second-order valence-electron chi connectivity index (χ2n) is 4.94. The fourth-order valence-corrected chi connectivity index (χ4v) is 2.51. The molecule has 0 radical (unpaired) electrons. The first kappa shape index (κ1) is 16.9. The zero-order chi connectivity index (χ0) is 16.8. The lowest BCUT2D eigenvalue weighted by atomic mass is 9.98. The van der Waals surface area contributed by atoms with Crippen LogP contribution in [0, 0.1) is 0 Å². The molecule has 0 fully saturated rings. The molecule has 0 aliphatic carbocycles. The van der Waals surface area contributed by atoms with Crippen molar-refractivity contribution in [3.63, 3.8) is 0 Å². The zero-order valence-electron chi connectivity index (χ0n) is 12.3. The summed E-state index contributed by atoms with van der Waals surface area (Å²) in [4.78, 5) is 23.7. The van der Waals surface area contributed by atoms with Crippen LogP contribution in [0.3, 0.4) is 0 Å². The van der Waals surface area contributed by atoms with E-state index in [1.807, 2.05) is 30.3 Å². The number of carbonyl (C=O) groups excluding carboxylic acids is 1. The van der Waals surface area contributed by atoms with Crippen LogP contribution < -0.4 is 5.32 Å². The first-order chi connectivity index (χ1) is 11.0. The van der Waals surface area contributed by atoms with Crippen molar-refractivity contribution in [3.05, 3.63) is 54.1 Å². The smallest absolute Gasteiger partial charge is 0.326 e. The molecule has 3 N–H and O–H groups in total. The molecule has 2 rings (SSSR count). The van der Waals surface area contributed by atoms with Gasteiger partial charge in [0.1, 0.15) is 11.8 Å². The fraction of sp³-hybridized carbons (Fsp3) is 0.176. The molecule has 2 aromatic carbocycles. The fourth-order valence-electron chi connectivity index (χ4n) is 2.25. The average Bonchev–Trinajstić information content (AvgIpc) is 2.54. The highest BCUT2D eigenvalue weighted by molar-refractivity contribution is 7.80. The number of hydrogen-bond acceptors (Lipinski definition) is 4. The van der Waals surface area contributed by atoms with E-state index in [4.69, 9.17) is 5.11 Å². The van der Waals surface area contributed by atoms with E-state index in [0.29, 0.717) is 11.3 Å². The van der Waals surface area contributed by atoms with Crippen LogP contribution in [-0.2, 0) is 4.79 Å². The van der Waals surface area contributed by atoms with Gasteiger partial charge in [-0.05, 0) is 29.4 Å². The van der Waals surface area contributed by atoms with E-state index in [0.717, 1.165) is 5.56 Å². The molecule has 0 aliphatic rings. The molecule has 0 spiro atoms. The van der Waals surface area contributed by atoms with Crippen molar-refractivity contribution in [2.24, 2.45) is 0 Å². The standard InChI is InChI=1S/C17H17NO4S/c19-14-8-4-7-12(11-5-2-1-3-6-11)15(14)16(20)18-13(9-10-23)17(21)22/h1-8,13,19,23H,9-10H2,(H,18,20)(H,21,22)/t13-/m0/s1. The van der Waals surface area contributed by atoms with Crippen molar-refractivity contribution < 1.29 is 19.8 Å². The van der Waals surface area contributed by atoms with Gasteiger partial charge in [-0.2, -0.15) is 12.6 Å². The van der Waals surface area contributed by atoms with Crippen LogP contribution in [0.25, 0.3) is 11.1 Å². The lowest BCUT2D eigenvalue weighted by Crippen LogP contribution is -2.41. The van der Waals surface area contributed by atoms with Crippen LogP contribution in [0.1, 0.15) is 16.8 Å². The number of nitrogens with one attached hydrogen (secondary N) is 1. The number of aromatic hydroxyl groups is 1. The van der Waals surface area contributed by atoms with Crippen molar-refractivity contribution in [2.45, 2.75) is 12.5 Å². The molecule has 120 valence electrons. The number of benzene rings is 2. The minimum absolute atomic E-state index is 0.0594. The van der Waals surface area contributed by atoms with Crippen LogP contribution in [0.5, 0.6) is 5.75 Å². The molecule has 0 unspecified atom stereocenters. The third kappa shape index (κ3) is 4.04. The number of aliphatic carboxylic acids is 1. The average molecular weight is 331 g/mol. The Kier molecular flexibility index (Phi) is 5.65. The highest BCUT2D eigenvalue weighted by Crippen LogP contribution is 2.30. The van der Waals surface area contributed by atoms with Gasteiger partial charge in [0.15, 0.2) is 0 Å². The summed E-state index contributed by atoms with van der Waals surface area (Å²) in [5.74, 6) is -1.64. The predicted molar refractivity (Wildman–Crippen MR) is 90.9 cm³/mol. The Morgan fingerprint density at radius 2 is 1.78 bits per heavy atom. The maximum atomic E-state index is 12.5. The number of phenolic OH excluding ortho intramolecular Hbond substituents is 1. The first-order valence-corrected chi connectivity index (χ1v) is 7.69. The van der Waals surface area contributed by atoms with E-state index in [-0.39, 0.29) is 17.7 Å². The topological polar surface area (TPSA) is 86.6 Å². The summed E-state index contributed by atoms with van der Waals surface area (Å²) in [6.07, 6.45) is 0.193. The Bertz CT molecular complexity index is 703. The van der Waals surface area contributed by atoms with Gasteiger partial charge in [0.05, 0.1) is 5.56 Å². The molecule has 0 bridgehead atoms. The molecular weight excluding hydrogens is 314 g/mol. The van der Waals surface area contributed by atoms with E-state index in [1.165, 1.54) is 6.07 Å². The van der Waals surface area contributed by atoms with Gasteiger partial charge < -0.3 is 15.5 Å². The number of carboxylic acids is 1. The highest BCUT2D eigenvalue weighted by atomic mass is 32.1. The van der Waals surface area contributed by atoms with Crippen LogP contribution in [0.2, 0.25) is 0 Å². The van der Waals surface area contributed by atoms with Crippen molar-refractivity contribution in [1.29, 1.82) is 0 Å². The summed E-state index contributed by atoms with van der Waals surface area (Å²) >= 11 is 4.00. The van der Waals surface area contributed by atoms with Crippen LogP contribution >= 0.6 is 12.6 Å². The van der Waals surface area contributed by atoms with Gasteiger partial charge in [-0.3, -0.25) is 4.79 Å². The number of carbonyl (C=O) groups is 2. The molecule has 1 amide bonds. The maximum Gasteiger partial charge on any atom is 0.326 e. The van der Waals surface area contributed by atoms with E-state index in [1.54, 1.807) is 12.1 Å². The minimum Gasteiger partial charge on any atom is -0.507 e. The van der Waals surface area contributed by atoms with Crippen molar-refractivity contribution in [1.82, 2.24) is 5.32 Å². The molecule has 0 saturated heterocycles. The Labute approximate surface area is 139 Å². The molecule has 1 atom stereocenters. The van der Waals surface area contributed by atoms with Gasteiger partial charge in [-0.1, -0.05) is 42.5 Å². The summed E-state index contributed by atoms with van der Waals surface area (Å²) in [5, 5.41) is 21.7. The number of rotatable bonds is 6. The monoisotopic (exact) mass is 331 g/mol. The third-order valence-electron chi connectivity index (χ3n) is 3.38. The SMILES string of the molecule is O=C(N[C@@H](CCS)C(=O)O)c1c(O)cccc1-c1ccccc1. The van der Waals surface area contributed by atoms with Gasteiger partial charge in [0.2, 0.25) is 0 Å². The molecular formula is C17H17NO4S. The zero-order valence-corrected chi connectivity index (χ0v) is 13.2. The number of hydrogen-bond donors (Lipinski definition) is 4.